The molecule has 0 radical (unpaired) electrons. The van der Waals surface area contributed by atoms with E-state index in [2.05, 4.69) is 10.2 Å². The van der Waals surface area contributed by atoms with Crippen LogP contribution in [0, 0.1) is 18.7 Å². The van der Waals surface area contributed by atoms with E-state index in [0.717, 1.165) is 11.5 Å². The first kappa shape index (κ1) is 19.4. The van der Waals surface area contributed by atoms with Gasteiger partial charge in [0.05, 0.1) is 0 Å². The van der Waals surface area contributed by atoms with Gasteiger partial charge in [0.25, 0.3) is 0 Å². The average molecular weight is 370 g/mol. The maximum atomic E-state index is 13.3. The largest absolute Gasteiger partial charge is 0.479 e. The van der Waals surface area contributed by atoms with E-state index >= 15 is 0 Å². The van der Waals surface area contributed by atoms with Crippen molar-refractivity contribution in [3.63, 3.8) is 0 Å². The van der Waals surface area contributed by atoms with Gasteiger partial charge in [-0.2, -0.15) is 0 Å². The van der Waals surface area contributed by atoms with Crippen LogP contribution in [-0.2, 0) is 4.79 Å². The lowest BCUT2D eigenvalue weighted by molar-refractivity contribution is -0.138. The predicted molar refractivity (Wildman–Crippen MR) is 105 cm³/mol. The molecule has 3 fully saturated rings. The van der Waals surface area contributed by atoms with Crippen molar-refractivity contribution < 1.29 is 14.3 Å². The van der Waals surface area contributed by atoms with Crippen LogP contribution < -0.4 is 5.32 Å². The Bertz CT molecular complexity index is 715. The van der Waals surface area contributed by atoms with Gasteiger partial charge in [0, 0.05) is 5.69 Å². The molecule has 0 aliphatic carbocycles. The first-order chi connectivity index (χ1) is 13.0. The highest BCUT2D eigenvalue weighted by Gasteiger charge is 2.24. The van der Waals surface area contributed by atoms with Gasteiger partial charge in [0.2, 0.25) is 0 Å². The molecule has 4 nitrogen and oxygen atoms in total. The summed E-state index contributed by atoms with van der Waals surface area (Å²) in [7, 11) is 0. The monoisotopic (exact) mass is 370 g/mol. The van der Waals surface area contributed by atoms with Gasteiger partial charge >= 0.3 is 5.97 Å². The molecule has 5 heteroatoms. The van der Waals surface area contributed by atoms with E-state index in [4.69, 9.17) is 0 Å². The van der Waals surface area contributed by atoms with E-state index in [0.29, 0.717) is 11.3 Å². The van der Waals surface area contributed by atoms with E-state index < -0.39 is 12.0 Å². The van der Waals surface area contributed by atoms with Crippen LogP contribution in [0.5, 0.6) is 0 Å². The minimum Gasteiger partial charge on any atom is -0.479 e. The molecular formula is C22H27FN2O2. The molecule has 0 saturated carbocycles. The molecular weight excluding hydrogens is 343 g/mol. The van der Waals surface area contributed by atoms with Crippen molar-refractivity contribution in [1.82, 2.24) is 4.90 Å². The minimum absolute atomic E-state index is 0.389. The fourth-order valence-corrected chi connectivity index (χ4v) is 3.78. The number of anilines is 1. The fraction of sp³-hybridized carbons (Fsp3) is 0.409. The lowest BCUT2D eigenvalue weighted by atomic mass is 9.89. The first-order valence-electron chi connectivity index (χ1n) is 9.55. The van der Waals surface area contributed by atoms with Crippen molar-refractivity contribution in [2.45, 2.75) is 32.2 Å². The number of halogens is 1. The average Bonchev–Trinajstić information content (AvgIpc) is 2.68. The van der Waals surface area contributed by atoms with E-state index in [9.17, 15) is 14.3 Å². The van der Waals surface area contributed by atoms with Crippen molar-refractivity contribution in [2.24, 2.45) is 5.92 Å². The Hall–Kier alpha value is -2.40. The van der Waals surface area contributed by atoms with E-state index in [-0.39, 0.29) is 5.82 Å². The molecule has 1 unspecified atom stereocenters. The Morgan fingerprint density at radius 2 is 1.74 bits per heavy atom. The summed E-state index contributed by atoms with van der Waals surface area (Å²) in [5.74, 6) is -0.284. The van der Waals surface area contributed by atoms with Gasteiger partial charge in [0.1, 0.15) is 5.82 Å². The second kappa shape index (κ2) is 9.00. The normalized spacial score (nSPS) is 21.7. The van der Waals surface area contributed by atoms with Gasteiger partial charge in [-0.05, 0) is 81.1 Å². The molecule has 1 atom stereocenters. The topological polar surface area (TPSA) is 52.6 Å². The lowest BCUT2D eigenvalue weighted by Crippen LogP contribution is -2.41. The van der Waals surface area contributed by atoms with E-state index in [1.54, 1.807) is 37.3 Å². The summed E-state index contributed by atoms with van der Waals surface area (Å²) in [6, 6.07) is 12.3. The SMILES string of the molecule is C1CN2CCC1CC2.Cc1cc(F)cc(NC(C(=O)O)c2ccccc2)c1. The number of carboxylic acid groups (broad SMARTS) is 1. The summed E-state index contributed by atoms with van der Waals surface area (Å²) in [5.41, 5.74) is 1.81. The number of nitrogens with one attached hydrogen (secondary N) is 1. The second-order valence-electron chi connectivity index (χ2n) is 7.42. The highest BCUT2D eigenvalue weighted by Crippen LogP contribution is 2.26. The Labute approximate surface area is 160 Å². The number of hydrogen-bond donors (Lipinski definition) is 2. The van der Waals surface area contributed by atoms with Gasteiger partial charge in [-0.15, -0.1) is 0 Å². The third-order valence-corrected chi connectivity index (χ3v) is 5.29. The minimum atomic E-state index is -1.01. The highest BCUT2D eigenvalue weighted by atomic mass is 19.1. The standard InChI is InChI=1S/C15H14FNO2.C7H13N/c1-10-7-12(16)9-13(8-10)17-14(15(18)19)11-5-3-2-4-6-11;1-4-8-5-2-7(1)3-6-8/h2-9,14,17H,1H3,(H,18,19);7H,1-6H2. The van der Waals surface area contributed by atoms with Crippen LogP contribution in [0.4, 0.5) is 10.1 Å². The molecule has 3 aliphatic rings. The third-order valence-electron chi connectivity index (χ3n) is 5.29. The van der Waals surface area contributed by atoms with Crippen molar-refractivity contribution >= 4 is 11.7 Å². The second-order valence-corrected chi connectivity index (χ2v) is 7.42. The number of carboxylic acids is 1. The number of fused-ring (bicyclic) bond motifs is 3. The van der Waals surface area contributed by atoms with Gasteiger partial charge < -0.3 is 15.3 Å². The Morgan fingerprint density at radius 3 is 2.19 bits per heavy atom. The van der Waals surface area contributed by atoms with Crippen LogP contribution in [0.2, 0.25) is 0 Å². The Balaban J connectivity index is 0.000000216. The molecule has 3 heterocycles. The van der Waals surface area contributed by atoms with Crippen molar-refractivity contribution in [1.29, 1.82) is 0 Å². The predicted octanol–water partition coefficient (Wildman–Crippen LogP) is 4.47. The summed E-state index contributed by atoms with van der Waals surface area (Å²) >= 11 is 0. The lowest BCUT2D eigenvalue weighted by Gasteiger charge is -2.38. The zero-order valence-corrected chi connectivity index (χ0v) is 15.7. The molecule has 0 aromatic heterocycles. The number of carbonyl (C=O) groups is 1. The van der Waals surface area contributed by atoms with Gasteiger partial charge in [-0.3, -0.25) is 0 Å². The summed E-state index contributed by atoms with van der Waals surface area (Å²) in [4.78, 5) is 13.9. The van der Waals surface area contributed by atoms with Gasteiger partial charge in [0.15, 0.2) is 6.04 Å². The number of aliphatic carboxylic acids is 1. The van der Waals surface area contributed by atoms with Crippen LogP contribution in [0.15, 0.2) is 48.5 Å². The van der Waals surface area contributed by atoms with Crippen LogP contribution in [0.1, 0.15) is 36.4 Å². The van der Waals surface area contributed by atoms with Crippen LogP contribution in [0.3, 0.4) is 0 Å². The highest BCUT2D eigenvalue weighted by molar-refractivity contribution is 5.79. The fourth-order valence-electron chi connectivity index (χ4n) is 3.78. The zero-order valence-electron chi connectivity index (χ0n) is 15.7. The van der Waals surface area contributed by atoms with E-state index in [1.807, 2.05) is 6.07 Å². The smallest absolute Gasteiger partial charge is 0.330 e. The molecule has 3 aliphatic heterocycles. The van der Waals surface area contributed by atoms with Crippen LogP contribution >= 0.6 is 0 Å². The Kier molecular flexibility index (Phi) is 6.45. The number of benzene rings is 2. The molecule has 2 aromatic carbocycles. The number of hydrogen-bond acceptors (Lipinski definition) is 3. The van der Waals surface area contributed by atoms with Crippen molar-refractivity contribution in [3.05, 3.63) is 65.5 Å². The third kappa shape index (κ3) is 5.54. The molecule has 3 saturated heterocycles. The molecule has 0 spiro atoms. The van der Waals surface area contributed by atoms with Crippen molar-refractivity contribution in [3.8, 4) is 0 Å². The maximum absolute atomic E-state index is 13.3. The molecule has 144 valence electrons. The molecule has 2 N–H and O–H groups in total. The molecule has 5 rings (SSSR count). The molecule has 27 heavy (non-hydrogen) atoms. The number of piperidine rings is 3. The molecule has 2 aromatic rings. The van der Waals surface area contributed by atoms with Gasteiger partial charge in [-0.1, -0.05) is 30.3 Å². The summed E-state index contributed by atoms with van der Waals surface area (Å²) in [6.45, 7) is 5.94. The van der Waals surface area contributed by atoms with E-state index in [1.165, 1.54) is 51.0 Å². The summed E-state index contributed by atoms with van der Waals surface area (Å²) in [6.07, 6.45) is 4.46. The molecule has 0 amide bonds. The number of rotatable bonds is 4. The van der Waals surface area contributed by atoms with Crippen LogP contribution in [-0.4, -0.2) is 35.6 Å². The summed E-state index contributed by atoms with van der Waals surface area (Å²) < 4.78 is 13.3. The number of nitrogens with zero attached hydrogens (tertiary/aromatic N) is 1. The van der Waals surface area contributed by atoms with Gasteiger partial charge in [-0.25, -0.2) is 9.18 Å². The zero-order chi connectivity index (χ0) is 19.2. The van der Waals surface area contributed by atoms with Crippen molar-refractivity contribution in [2.75, 3.05) is 25.0 Å². The molecule has 2 bridgehead atoms. The quantitative estimate of drug-likeness (QED) is 0.834. The maximum Gasteiger partial charge on any atom is 0.330 e. The summed E-state index contributed by atoms with van der Waals surface area (Å²) in [5, 5.41) is 12.1. The first-order valence-corrected chi connectivity index (χ1v) is 9.55. The van der Waals surface area contributed by atoms with Crippen LogP contribution in [0.25, 0.3) is 0 Å². The number of aryl methyl sites for hydroxylation is 1. The Morgan fingerprint density at radius 1 is 1.11 bits per heavy atom.